The Bertz CT molecular complexity index is 450. The van der Waals surface area contributed by atoms with Crippen LogP contribution in [0.5, 0.6) is 5.75 Å². The molecule has 1 heterocycles. The molecule has 1 aromatic heterocycles. The number of aromatic amines is 1. The summed E-state index contributed by atoms with van der Waals surface area (Å²) in [5.41, 5.74) is 2.25. The lowest BCUT2D eigenvalue weighted by Gasteiger charge is -2.03. The highest BCUT2D eigenvalue weighted by atomic mass is 16.3. The number of fused-ring (bicyclic) bond motifs is 1. The number of hydrogen-bond acceptors (Lipinski definition) is 3. The van der Waals surface area contributed by atoms with Gasteiger partial charge in [0.05, 0.1) is 0 Å². The molecule has 2 rings (SSSR count). The molecule has 0 radical (unpaired) electrons. The van der Waals surface area contributed by atoms with Crippen LogP contribution in [-0.4, -0.2) is 20.5 Å². The number of nitrogens with zero attached hydrogens (tertiary/aromatic N) is 2. The molecule has 0 saturated heterocycles. The molecule has 15 heavy (non-hydrogen) atoms. The first-order valence-electron chi connectivity index (χ1n) is 5.34. The van der Waals surface area contributed by atoms with Crippen molar-refractivity contribution in [2.24, 2.45) is 0 Å². The highest BCUT2D eigenvalue weighted by Crippen LogP contribution is 2.26. The van der Waals surface area contributed by atoms with Crippen LogP contribution in [0.15, 0.2) is 12.1 Å². The van der Waals surface area contributed by atoms with Gasteiger partial charge in [-0.3, -0.25) is 0 Å². The van der Waals surface area contributed by atoms with E-state index >= 15 is 0 Å². The third-order valence-corrected chi connectivity index (χ3v) is 2.60. The standard InChI is InChI=1S/C11H15N3O/c1-2-3-4-5-8-6-7-9-10(11(8)15)13-14-12-9/h6-7,15H,2-5H2,1H3,(H,12,13,14). The van der Waals surface area contributed by atoms with E-state index in [2.05, 4.69) is 22.3 Å². The minimum atomic E-state index is 0.275. The van der Waals surface area contributed by atoms with E-state index in [1.54, 1.807) is 0 Å². The molecule has 0 spiro atoms. The van der Waals surface area contributed by atoms with Gasteiger partial charge in [-0.1, -0.05) is 25.8 Å². The normalized spacial score (nSPS) is 11.0. The molecule has 0 unspecified atom stereocenters. The van der Waals surface area contributed by atoms with Gasteiger partial charge in [0.1, 0.15) is 11.3 Å². The third-order valence-electron chi connectivity index (χ3n) is 2.60. The van der Waals surface area contributed by atoms with Crippen molar-refractivity contribution in [2.75, 3.05) is 0 Å². The van der Waals surface area contributed by atoms with Crippen molar-refractivity contribution in [3.05, 3.63) is 17.7 Å². The van der Waals surface area contributed by atoms with E-state index < -0.39 is 0 Å². The van der Waals surface area contributed by atoms with Gasteiger partial charge in [0.25, 0.3) is 0 Å². The molecular formula is C11H15N3O. The lowest BCUT2D eigenvalue weighted by Crippen LogP contribution is -1.87. The molecule has 0 saturated carbocycles. The van der Waals surface area contributed by atoms with Gasteiger partial charge in [-0.05, 0) is 24.5 Å². The van der Waals surface area contributed by atoms with Crippen LogP contribution in [0, 0.1) is 0 Å². The van der Waals surface area contributed by atoms with Crippen LogP contribution in [0.2, 0.25) is 0 Å². The van der Waals surface area contributed by atoms with Crippen LogP contribution >= 0.6 is 0 Å². The molecule has 4 heteroatoms. The molecule has 2 N–H and O–H groups in total. The SMILES string of the molecule is CCCCCc1ccc2n[nH]nc2c1O. The number of nitrogens with one attached hydrogen (secondary N) is 1. The maximum absolute atomic E-state index is 9.92. The predicted octanol–water partition coefficient (Wildman–Crippen LogP) is 2.40. The number of aryl methyl sites for hydroxylation is 1. The van der Waals surface area contributed by atoms with Crippen LogP contribution in [0.4, 0.5) is 0 Å². The largest absolute Gasteiger partial charge is 0.505 e. The molecule has 1 aromatic carbocycles. The maximum atomic E-state index is 9.92. The fourth-order valence-electron chi connectivity index (χ4n) is 1.71. The molecule has 0 fully saturated rings. The number of benzene rings is 1. The second-order valence-corrected chi connectivity index (χ2v) is 3.72. The molecule has 4 nitrogen and oxygen atoms in total. The fourth-order valence-corrected chi connectivity index (χ4v) is 1.71. The summed E-state index contributed by atoms with van der Waals surface area (Å²) in [5.74, 6) is 0.275. The zero-order valence-electron chi connectivity index (χ0n) is 8.82. The summed E-state index contributed by atoms with van der Waals surface area (Å²) in [7, 11) is 0. The second kappa shape index (κ2) is 4.29. The average Bonchev–Trinajstić information content (AvgIpc) is 2.70. The first-order chi connectivity index (χ1) is 7.33. The summed E-state index contributed by atoms with van der Waals surface area (Å²) in [4.78, 5) is 0. The number of phenolic OH excluding ortho intramolecular Hbond substituents is 1. The Morgan fingerprint density at radius 2 is 2.13 bits per heavy atom. The summed E-state index contributed by atoms with van der Waals surface area (Å²) in [6.07, 6.45) is 4.39. The lowest BCUT2D eigenvalue weighted by atomic mass is 10.1. The molecular weight excluding hydrogens is 190 g/mol. The van der Waals surface area contributed by atoms with Crippen molar-refractivity contribution in [3.63, 3.8) is 0 Å². The Balaban J connectivity index is 2.23. The fraction of sp³-hybridized carbons (Fsp3) is 0.455. The van der Waals surface area contributed by atoms with E-state index in [4.69, 9.17) is 0 Å². The number of aromatic nitrogens is 3. The van der Waals surface area contributed by atoms with Gasteiger partial charge >= 0.3 is 0 Å². The van der Waals surface area contributed by atoms with E-state index in [0.29, 0.717) is 11.0 Å². The summed E-state index contributed by atoms with van der Waals surface area (Å²) >= 11 is 0. The summed E-state index contributed by atoms with van der Waals surface area (Å²) in [5, 5.41) is 20.3. The van der Waals surface area contributed by atoms with Crippen molar-refractivity contribution in [1.82, 2.24) is 15.4 Å². The quantitative estimate of drug-likeness (QED) is 0.753. The zero-order valence-corrected chi connectivity index (χ0v) is 8.82. The molecule has 0 atom stereocenters. The second-order valence-electron chi connectivity index (χ2n) is 3.72. The predicted molar refractivity (Wildman–Crippen MR) is 58.8 cm³/mol. The van der Waals surface area contributed by atoms with Crippen molar-refractivity contribution < 1.29 is 5.11 Å². The van der Waals surface area contributed by atoms with Gasteiger partial charge in [-0.2, -0.15) is 15.4 Å². The Morgan fingerprint density at radius 1 is 1.27 bits per heavy atom. The lowest BCUT2D eigenvalue weighted by molar-refractivity contribution is 0.471. The number of rotatable bonds is 4. The van der Waals surface area contributed by atoms with Gasteiger partial charge in [-0.15, -0.1) is 0 Å². The van der Waals surface area contributed by atoms with E-state index in [1.807, 2.05) is 12.1 Å². The van der Waals surface area contributed by atoms with Crippen LogP contribution in [0.3, 0.4) is 0 Å². The van der Waals surface area contributed by atoms with Gasteiger partial charge in [-0.25, -0.2) is 0 Å². The van der Waals surface area contributed by atoms with E-state index in [9.17, 15) is 5.11 Å². The Hall–Kier alpha value is -1.58. The van der Waals surface area contributed by atoms with Crippen LogP contribution in [0.25, 0.3) is 11.0 Å². The van der Waals surface area contributed by atoms with Crippen molar-refractivity contribution in [1.29, 1.82) is 0 Å². The highest BCUT2D eigenvalue weighted by molar-refractivity contribution is 5.81. The number of unbranched alkanes of at least 4 members (excludes halogenated alkanes) is 2. The molecule has 2 aromatic rings. The van der Waals surface area contributed by atoms with Crippen molar-refractivity contribution in [3.8, 4) is 5.75 Å². The third kappa shape index (κ3) is 1.93. The Morgan fingerprint density at radius 3 is 2.93 bits per heavy atom. The smallest absolute Gasteiger partial charge is 0.154 e. The molecule has 0 aliphatic rings. The number of phenols is 1. The Kier molecular flexibility index (Phi) is 2.85. The van der Waals surface area contributed by atoms with Gasteiger partial charge < -0.3 is 5.11 Å². The van der Waals surface area contributed by atoms with E-state index in [1.165, 1.54) is 12.8 Å². The molecule has 0 aliphatic carbocycles. The number of hydrogen-bond donors (Lipinski definition) is 2. The zero-order chi connectivity index (χ0) is 10.7. The van der Waals surface area contributed by atoms with Gasteiger partial charge in [0.15, 0.2) is 5.52 Å². The van der Waals surface area contributed by atoms with Crippen LogP contribution < -0.4 is 0 Å². The number of H-pyrrole nitrogens is 1. The average molecular weight is 205 g/mol. The highest BCUT2D eigenvalue weighted by Gasteiger charge is 2.08. The maximum Gasteiger partial charge on any atom is 0.154 e. The summed E-state index contributed by atoms with van der Waals surface area (Å²) < 4.78 is 0. The molecule has 0 bridgehead atoms. The van der Waals surface area contributed by atoms with Crippen LogP contribution in [0.1, 0.15) is 31.7 Å². The van der Waals surface area contributed by atoms with E-state index in [-0.39, 0.29) is 5.75 Å². The van der Waals surface area contributed by atoms with Crippen molar-refractivity contribution in [2.45, 2.75) is 32.6 Å². The van der Waals surface area contributed by atoms with Gasteiger partial charge in [0.2, 0.25) is 0 Å². The number of aromatic hydroxyl groups is 1. The topological polar surface area (TPSA) is 61.8 Å². The summed E-state index contributed by atoms with van der Waals surface area (Å²) in [6, 6.07) is 3.82. The summed E-state index contributed by atoms with van der Waals surface area (Å²) in [6.45, 7) is 2.17. The molecule has 80 valence electrons. The first-order valence-corrected chi connectivity index (χ1v) is 5.34. The van der Waals surface area contributed by atoms with Crippen molar-refractivity contribution >= 4 is 11.0 Å². The van der Waals surface area contributed by atoms with E-state index in [0.717, 1.165) is 18.4 Å². The minimum absolute atomic E-state index is 0.275. The van der Waals surface area contributed by atoms with Crippen LogP contribution in [-0.2, 0) is 6.42 Å². The first kappa shape index (κ1) is 9.96. The van der Waals surface area contributed by atoms with Gasteiger partial charge in [0, 0.05) is 0 Å². The minimum Gasteiger partial charge on any atom is -0.505 e. The molecule has 0 aliphatic heterocycles. The molecule has 0 amide bonds. The Labute approximate surface area is 88.3 Å². The monoisotopic (exact) mass is 205 g/mol.